The van der Waals surface area contributed by atoms with Crippen LogP contribution in [0.15, 0.2) is 42.1 Å². The van der Waals surface area contributed by atoms with E-state index < -0.39 is 0 Å². The normalized spacial score (nSPS) is 21.7. The predicted octanol–water partition coefficient (Wildman–Crippen LogP) is 3.42. The van der Waals surface area contributed by atoms with Gasteiger partial charge in [0, 0.05) is 17.6 Å². The minimum atomic E-state index is -0.225. The molecule has 0 saturated carbocycles. The summed E-state index contributed by atoms with van der Waals surface area (Å²) in [5, 5.41) is 1.19. The van der Waals surface area contributed by atoms with E-state index >= 15 is 0 Å². The molecule has 2 atom stereocenters. The number of aromatic amines is 1. The summed E-state index contributed by atoms with van der Waals surface area (Å²) in [6, 6.07) is 8.36. The van der Waals surface area contributed by atoms with Crippen molar-refractivity contribution in [2.24, 2.45) is 5.92 Å². The highest BCUT2D eigenvalue weighted by atomic mass is 16.1. The molecule has 0 saturated heterocycles. The van der Waals surface area contributed by atoms with Crippen LogP contribution < -0.4 is 0 Å². The zero-order valence-corrected chi connectivity index (χ0v) is 11.0. The first-order chi connectivity index (χ1) is 9.16. The molecule has 1 aliphatic carbocycles. The third-order valence-electron chi connectivity index (χ3n) is 3.74. The standard InChI is InChI=1S/C17H15NO/c1-11-4-3-5-15(12(2)19)17(11)14-7-6-13-8-9-18-16(13)10-14/h4,6-10,15,17-18H,1-2H3. The molecule has 0 amide bonds. The maximum absolute atomic E-state index is 11.8. The lowest BCUT2D eigenvalue weighted by Gasteiger charge is -2.24. The van der Waals surface area contributed by atoms with Crippen LogP contribution in [0, 0.1) is 17.8 Å². The highest BCUT2D eigenvalue weighted by Gasteiger charge is 2.28. The molecular formula is C17H15NO. The van der Waals surface area contributed by atoms with Gasteiger partial charge in [-0.1, -0.05) is 29.5 Å². The van der Waals surface area contributed by atoms with Gasteiger partial charge in [0.25, 0.3) is 0 Å². The van der Waals surface area contributed by atoms with Gasteiger partial charge in [0.1, 0.15) is 5.78 Å². The van der Waals surface area contributed by atoms with Gasteiger partial charge in [-0.2, -0.15) is 0 Å². The first-order valence-electron chi connectivity index (χ1n) is 6.42. The van der Waals surface area contributed by atoms with E-state index in [1.54, 1.807) is 6.92 Å². The fraction of sp³-hybridized carbons (Fsp3) is 0.235. The topological polar surface area (TPSA) is 32.9 Å². The van der Waals surface area contributed by atoms with Gasteiger partial charge in [0.15, 0.2) is 0 Å². The Bertz CT molecular complexity index is 739. The van der Waals surface area contributed by atoms with Gasteiger partial charge >= 0.3 is 0 Å². The van der Waals surface area contributed by atoms with Gasteiger partial charge < -0.3 is 4.98 Å². The summed E-state index contributed by atoms with van der Waals surface area (Å²) in [6.45, 7) is 3.67. The van der Waals surface area contributed by atoms with Crippen molar-refractivity contribution < 1.29 is 4.79 Å². The smallest absolute Gasteiger partial charge is 0.145 e. The molecule has 1 heterocycles. The van der Waals surface area contributed by atoms with E-state index in [4.69, 9.17) is 0 Å². The van der Waals surface area contributed by atoms with Crippen LogP contribution in [0.1, 0.15) is 25.3 Å². The summed E-state index contributed by atoms with van der Waals surface area (Å²) in [4.78, 5) is 15.0. The first kappa shape index (κ1) is 11.8. The van der Waals surface area contributed by atoms with Crippen LogP contribution in [0.2, 0.25) is 0 Å². The van der Waals surface area contributed by atoms with Crippen molar-refractivity contribution in [3.05, 3.63) is 47.7 Å². The third kappa shape index (κ3) is 1.98. The molecule has 2 heteroatoms. The largest absolute Gasteiger partial charge is 0.361 e. The van der Waals surface area contributed by atoms with Crippen LogP contribution in [0.5, 0.6) is 0 Å². The molecule has 2 nitrogen and oxygen atoms in total. The lowest BCUT2D eigenvalue weighted by Crippen LogP contribution is -2.21. The van der Waals surface area contributed by atoms with Crippen LogP contribution in [-0.4, -0.2) is 10.8 Å². The zero-order valence-electron chi connectivity index (χ0n) is 11.0. The molecule has 2 unspecified atom stereocenters. The average Bonchev–Trinajstić information content (AvgIpc) is 2.85. The van der Waals surface area contributed by atoms with Crippen molar-refractivity contribution in [1.29, 1.82) is 0 Å². The fourth-order valence-electron chi connectivity index (χ4n) is 2.73. The summed E-state index contributed by atoms with van der Waals surface area (Å²) in [7, 11) is 0. The molecule has 94 valence electrons. The van der Waals surface area contributed by atoms with Crippen molar-refractivity contribution in [1.82, 2.24) is 4.98 Å². The molecule has 0 bridgehead atoms. The molecule has 1 aromatic heterocycles. The third-order valence-corrected chi connectivity index (χ3v) is 3.74. The average molecular weight is 249 g/mol. The van der Waals surface area contributed by atoms with Crippen molar-refractivity contribution in [2.75, 3.05) is 0 Å². The van der Waals surface area contributed by atoms with E-state index in [0.29, 0.717) is 0 Å². The van der Waals surface area contributed by atoms with E-state index in [-0.39, 0.29) is 17.6 Å². The number of aromatic nitrogens is 1. The van der Waals surface area contributed by atoms with Gasteiger partial charge in [-0.3, -0.25) is 4.79 Å². The molecule has 0 spiro atoms. The molecule has 2 aromatic rings. The van der Waals surface area contributed by atoms with Crippen molar-refractivity contribution in [3.63, 3.8) is 0 Å². The lowest BCUT2D eigenvalue weighted by molar-refractivity contribution is -0.119. The number of carbonyl (C=O) groups is 1. The molecule has 19 heavy (non-hydrogen) atoms. The van der Waals surface area contributed by atoms with Gasteiger partial charge in [0.2, 0.25) is 0 Å². The van der Waals surface area contributed by atoms with Gasteiger partial charge in [0.05, 0.1) is 5.92 Å². The summed E-state index contributed by atoms with van der Waals surface area (Å²) < 4.78 is 0. The number of nitrogens with one attached hydrogen (secondary N) is 1. The number of carbonyl (C=O) groups excluding carboxylic acids is 1. The molecule has 1 N–H and O–H groups in total. The quantitative estimate of drug-likeness (QED) is 0.813. The van der Waals surface area contributed by atoms with E-state index in [1.807, 2.05) is 25.3 Å². The predicted molar refractivity (Wildman–Crippen MR) is 76.7 cm³/mol. The monoisotopic (exact) mass is 249 g/mol. The van der Waals surface area contributed by atoms with Crippen LogP contribution in [0.4, 0.5) is 0 Å². The number of allylic oxidation sites excluding steroid dienone is 2. The number of hydrogen-bond acceptors (Lipinski definition) is 1. The van der Waals surface area contributed by atoms with Crippen LogP contribution >= 0.6 is 0 Å². The van der Waals surface area contributed by atoms with Crippen LogP contribution in [0.25, 0.3) is 10.9 Å². The van der Waals surface area contributed by atoms with E-state index in [2.05, 4.69) is 35.0 Å². The Morgan fingerprint density at radius 1 is 1.32 bits per heavy atom. The highest BCUT2D eigenvalue weighted by molar-refractivity contribution is 5.85. The summed E-state index contributed by atoms with van der Waals surface area (Å²) in [5.74, 6) is 6.00. The van der Waals surface area contributed by atoms with E-state index in [0.717, 1.165) is 16.7 Å². The molecule has 0 fully saturated rings. The molecule has 3 rings (SSSR count). The maximum atomic E-state index is 11.8. The Kier molecular flexibility index (Phi) is 2.76. The maximum Gasteiger partial charge on any atom is 0.145 e. The van der Waals surface area contributed by atoms with E-state index in [9.17, 15) is 4.79 Å². The Hall–Kier alpha value is -2.27. The SMILES string of the molecule is CC(=O)C1C#CC=C(C)C1c1ccc2cc[nH]c2c1. The summed E-state index contributed by atoms with van der Waals surface area (Å²) >= 11 is 0. The second kappa shape index (κ2) is 4.44. The Labute approximate surface area is 112 Å². The Morgan fingerprint density at radius 3 is 2.95 bits per heavy atom. The molecule has 1 aromatic carbocycles. The summed E-state index contributed by atoms with van der Waals surface area (Å²) in [5.41, 5.74) is 3.41. The first-order valence-corrected chi connectivity index (χ1v) is 6.42. The van der Waals surface area contributed by atoms with Gasteiger partial charge in [-0.25, -0.2) is 0 Å². The van der Waals surface area contributed by atoms with Crippen LogP contribution in [-0.2, 0) is 4.79 Å². The zero-order chi connectivity index (χ0) is 13.4. The number of rotatable bonds is 2. The number of hydrogen-bond donors (Lipinski definition) is 1. The molecule has 0 radical (unpaired) electrons. The minimum Gasteiger partial charge on any atom is -0.361 e. The van der Waals surface area contributed by atoms with Crippen LogP contribution in [0.3, 0.4) is 0 Å². The number of Topliss-reactive ketones (excluding diaryl/α,β-unsaturated/α-hetero) is 1. The van der Waals surface area contributed by atoms with E-state index in [1.165, 1.54) is 5.39 Å². The van der Waals surface area contributed by atoms with Gasteiger partial charge in [-0.05, 0) is 43.0 Å². The second-order valence-corrected chi connectivity index (χ2v) is 5.07. The number of H-pyrrole nitrogens is 1. The molecule has 0 aliphatic heterocycles. The number of benzene rings is 1. The Balaban J connectivity index is 2.10. The van der Waals surface area contributed by atoms with Crippen molar-refractivity contribution >= 4 is 16.7 Å². The van der Waals surface area contributed by atoms with Gasteiger partial charge in [-0.15, -0.1) is 0 Å². The fourth-order valence-corrected chi connectivity index (χ4v) is 2.73. The number of ketones is 1. The second-order valence-electron chi connectivity index (χ2n) is 5.07. The minimum absolute atomic E-state index is 0.0754. The van der Waals surface area contributed by atoms with Crippen molar-refractivity contribution in [2.45, 2.75) is 19.8 Å². The molecular weight excluding hydrogens is 234 g/mol. The highest BCUT2D eigenvalue weighted by Crippen LogP contribution is 2.35. The number of fused-ring (bicyclic) bond motifs is 1. The summed E-state index contributed by atoms with van der Waals surface area (Å²) in [6.07, 6.45) is 3.85. The van der Waals surface area contributed by atoms with Crippen molar-refractivity contribution in [3.8, 4) is 11.8 Å². The Morgan fingerprint density at radius 2 is 2.16 bits per heavy atom. The lowest BCUT2D eigenvalue weighted by atomic mass is 9.77. The molecule has 1 aliphatic rings.